The number of nitriles is 1. The molecule has 0 N–H and O–H groups in total. The average molecular weight is 332 g/mol. The van der Waals surface area contributed by atoms with E-state index >= 15 is 0 Å². The highest BCUT2D eigenvalue weighted by molar-refractivity contribution is 7.86. The van der Waals surface area contributed by atoms with Crippen LogP contribution in [0.4, 0.5) is 0 Å². The van der Waals surface area contributed by atoms with Crippen LogP contribution in [0.2, 0.25) is 5.02 Å². The SMILES string of the molecule is CN(CCC#N)S(=O)(=O)N(C)CCOc1ccc(Cl)cc1. The molecule has 1 aromatic carbocycles. The van der Waals surface area contributed by atoms with Crippen LogP contribution >= 0.6 is 11.6 Å². The van der Waals surface area contributed by atoms with Crippen molar-refractivity contribution in [3.05, 3.63) is 29.3 Å². The Bertz CT molecular complexity index is 584. The van der Waals surface area contributed by atoms with Crippen LogP contribution in [-0.4, -0.2) is 50.8 Å². The molecule has 0 unspecified atom stereocenters. The first-order chi connectivity index (χ1) is 9.87. The first kappa shape index (κ1) is 17.7. The van der Waals surface area contributed by atoms with Gasteiger partial charge < -0.3 is 4.74 Å². The van der Waals surface area contributed by atoms with Crippen LogP contribution in [0, 0.1) is 11.3 Å². The summed E-state index contributed by atoms with van der Waals surface area (Å²) < 4.78 is 32.0. The van der Waals surface area contributed by atoms with Crippen molar-refractivity contribution in [3.8, 4) is 11.8 Å². The van der Waals surface area contributed by atoms with Gasteiger partial charge in [-0.3, -0.25) is 0 Å². The van der Waals surface area contributed by atoms with Crippen LogP contribution in [0.1, 0.15) is 6.42 Å². The molecule has 8 heteroatoms. The van der Waals surface area contributed by atoms with Crippen LogP contribution in [0.3, 0.4) is 0 Å². The molecule has 0 saturated heterocycles. The van der Waals surface area contributed by atoms with Gasteiger partial charge in [0.1, 0.15) is 12.4 Å². The van der Waals surface area contributed by atoms with E-state index in [1.54, 1.807) is 24.3 Å². The van der Waals surface area contributed by atoms with Crippen LogP contribution in [0.5, 0.6) is 5.75 Å². The Labute approximate surface area is 130 Å². The monoisotopic (exact) mass is 331 g/mol. The molecule has 0 atom stereocenters. The zero-order valence-electron chi connectivity index (χ0n) is 12.0. The third kappa shape index (κ3) is 5.52. The first-order valence-corrected chi connectivity index (χ1v) is 8.08. The Kier molecular flexibility index (Phi) is 6.92. The van der Waals surface area contributed by atoms with Gasteiger partial charge in [0.05, 0.1) is 6.07 Å². The second kappa shape index (κ2) is 8.20. The number of rotatable bonds is 8. The quantitative estimate of drug-likeness (QED) is 0.727. The number of hydrogen-bond acceptors (Lipinski definition) is 4. The largest absolute Gasteiger partial charge is 0.492 e. The van der Waals surface area contributed by atoms with E-state index in [-0.39, 0.29) is 26.1 Å². The van der Waals surface area contributed by atoms with E-state index in [2.05, 4.69) is 0 Å². The van der Waals surface area contributed by atoms with Gasteiger partial charge >= 0.3 is 0 Å². The molecule has 1 aromatic rings. The lowest BCUT2D eigenvalue weighted by atomic mass is 10.3. The molecule has 0 amide bonds. The number of likely N-dealkylation sites (N-methyl/N-ethyl adjacent to an activating group) is 1. The fourth-order valence-corrected chi connectivity index (χ4v) is 2.73. The highest BCUT2D eigenvalue weighted by Crippen LogP contribution is 2.15. The van der Waals surface area contributed by atoms with Crippen molar-refractivity contribution >= 4 is 21.8 Å². The van der Waals surface area contributed by atoms with Crippen molar-refractivity contribution < 1.29 is 13.2 Å². The minimum absolute atomic E-state index is 0.158. The Morgan fingerprint density at radius 3 is 2.33 bits per heavy atom. The summed E-state index contributed by atoms with van der Waals surface area (Å²) in [6.45, 7) is 0.604. The summed E-state index contributed by atoms with van der Waals surface area (Å²) in [4.78, 5) is 0. The summed E-state index contributed by atoms with van der Waals surface area (Å²) in [5.74, 6) is 0.628. The maximum Gasteiger partial charge on any atom is 0.281 e. The topological polar surface area (TPSA) is 73.6 Å². The van der Waals surface area contributed by atoms with E-state index in [1.807, 2.05) is 6.07 Å². The third-order valence-corrected chi connectivity index (χ3v) is 5.01. The Morgan fingerprint density at radius 1 is 1.19 bits per heavy atom. The van der Waals surface area contributed by atoms with Crippen molar-refractivity contribution in [1.29, 1.82) is 5.26 Å². The van der Waals surface area contributed by atoms with E-state index in [0.29, 0.717) is 10.8 Å². The molecule has 0 spiro atoms. The molecule has 21 heavy (non-hydrogen) atoms. The number of benzene rings is 1. The predicted molar refractivity (Wildman–Crippen MR) is 81.4 cm³/mol. The second-order valence-electron chi connectivity index (χ2n) is 4.36. The minimum Gasteiger partial charge on any atom is -0.492 e. The lowest BCUT2D eigenvalue weighted by Gasteiger charge is -2.23. The van der Waals surface area contributed by atoms with Crippen molar-refractivity contribution in [2.45, 2.75) is 6.42 Å². The maximum atomic E-state index is 12.1. The van der Waals surface area contributed by atoms with E-state index in [4.69, 9.17) is 21.6 Å². The molecule has 0 saturated carbocycles. The maximum absolute atomic E-state index is 12.1. The fourth-order valence-electron chi connectivity index (χ4n) is 1.50. The second-order valence-corrected chi connectivity index (χ2v) is 6.94. The molecule has 116 valence electrons. The van der Waals surface area contributed by atoms with Crippen LogP contribution in [0.25, 0.3) is 0 Å². The standard InChI is InChI=1S/C13H18ClN3O3S/c1-16(9-3-8-15)21(18,19)17(2)10-11-20-13-6-4-12(14)5-7-13/h4-7H,3,9-11H2,1-2H3. The minimum atomic E-state index is -3.56. The lowest BCUT2D eigenvalue weighted by Crippen LogP contribution is -2.41. The van der Waals surface area contributed by atoms with E-state index in [0.717, 1.165) is 4.31 Å². The summed E-state index contributed by atoms with van der Waals surface area (Å²) in [5.41, 5.74) is 0. The van der Waals surface area contributed by atoms with Gasteiger partial charge in [0.15, 0.2) is 0 Å². The molecule has 1 rings (SSSR count). The summed E-state index contributed by atoms with van der Waals surface area (Å²) in [6, 6.07) is 8.76. The molecule has 6 nitrogen and oxygen atoms in total. The van der Waals surface area contributed by atoms with Gasteiger partial charge in [-0.1, -0.05) is 11.6 Å². The normalized spacial score (nSPS) is 11.6. The zero-order valence-corrected chi connectivity index (χ0v) is 13.6. The Balaban J connectivity index is 2.47. The zero-order chi connectivity index (χ0) is 15.9. The summed E-state index contributed by atoms with van der Waals surface area (Å²) >= 11 is 5.76. The van der Waals surface area contributed by atoms with Gasteiger partial charge in [-0.15, -0.1) is 0 Å². The van der Waals surface area contributed by atoms with Gasteiger partial charge in [0, 0.05) is 38.6 Å². The number of hydrogen-bond donors (Lipinski definition) is 0. The Morgan fingerprint density at radius 2 is 1.76 bits per heavy atom. The summed E-state index contributed by atoms with van der Waals surface area (Å²) in [5, 5.41) is 9.10. The van der Waals surface area contributed by atoms with Gasteiger partial charge in [-0.25, -0.2) is 0 Å². The Hall–Kier alpha value is -1.33. The highest BCUT2D eigenvalue weighted by Gasteiger charge is 2.22. The summed E-state index contributed by atoms with van der Waals surface area (Å²) in [7, 11) is -0.635. The molecule has 0 aromatic heterocycles. The lowest BCUT2D eigenvalue weighted by molar-refractivity contribution is 0.279. The number of ether oxygens (including phenoxy) is 1. The molecule has 0 aliphatic heterocycles. The van der Waals surface area contributed by atoms with Crippen molar-refractivity contribution in [1.82, 2.24) is 8.61 Å². The molecule has 0 fully saturated rings. The first-order valence-electron chi connectivity index (χ1n) is 6.31. The van der Waals surface area contributed by atoms with Gasteiger partial charge in [-0.05, 0) is 24.3 Å². The molecule has 0 aliphatic carbocycles. The van der Waals surface area contributed by atoms with Crippen molar-refractivity contribution in [2.75, 3.05) is 33.8 Å². The van der Waals surface area contributed by atoms with Gasteiger partial charge in [0.2, 0.25) is 0 Å². The molecule has 0 heterocycles. The van der Waals surface area contributed by atoms with Crippen LogP contribution < -0.4 is 4.74 Å². The smallest absolute Gasteiger partial charge is 0.281 e. The average Bonchev–Trinajstić information content (AvgIpc) is 2.46. The van der Waals surface area contributed by atoms with Crippen LogP contribution in [-0.2, 0) is 10.2 Å². The molecule has 0 radical (unpaired) electrons. The number of nitrogens with zero attached hydrogens (tertiary/aromatic N) is 3. The van der Waals surface area contributed by atoms with Crippen molar-refractivity contribution in [3.63, 3.8) is 0 Å². The number of halogens is 1. The fraction of sp³-hybridized carbons (Fsp3) is 0.462. The van der Waals surface area contributed by atoms with Crippen LogP contribution in [0.15, 0.2) is 24.3 Å². The molecular weight excluding hydrogens is 314 g/mol. The third-order valence-electron chi connectivity index (χ3n) is 2.81. The predicted octanol–water partition coefficient (Wildman–Crippen LogP) is 1.74. The van der Waals surface area contributed by atoms with Gasteiger partial charge in [-0.2, -0.15) is 22.3 Å². The summed E-state index contributed by atoms with van der Waals surface area (Å²) in [6.07, 6.45) is 0.158. The van der Waals surface area contributed by atoms with E-state index in [1.165, 1.54) is 18.4 Å². The van der Waals surface area contributed by atoms with Gasteiger partial charge in [0.25, 0.3) is 10.2 Å². The van der Waals surface area contributed by atoms with E-state index < -0.39 is 10.2 Å². The highest BCUT2D eigenvalue weighted by atomic mass is 35.5. The van der Waals surface area contributed by atoms with Crippen molar-refractivity contribution in [2.24, 2.45) is 0 Å². The van der Waals surface area contributed by atoms with E-state index in [9.17, 15) is 8.42 Å². The molecular formula is C13H18ClN3O3S. The molecule has 0 aliphatic rings. The molecule has 0 bridgehead atoms.